The highest BCUT2D eigenvalue weighted by atomic mass is 16.5. The van der Waals surface area contributed by atoms with Crippen molar-refractivity contribution in [3.8, 4) is 17.1 Å². The minimum absolute atomic E-state index is 0.725. The van der Waals surface area contributed by atoms with Gasteiger partial charge >= 0.3 is 0 Å². The van der Waals surface area contributed by atoms with Crippen LogP contribution in [0.1, 0.15) is 11.3 Å². The Morgan fingerprint density at radius 1 is 0.960 bits per heavy atom. The van der Waals surface area contributed by atoms with E-state index in [1.54, 1.807) is 7.11 Å². The second kappa shape index (κ2) is 8.35. The first-order chi connectivity index (χ1) is 12.2. The fourth-order valence-corrected chi connectivity index (χ4v) is 2.57. The lowest BCUT2D eigenvalue weighted by Gasteiger charge is -2.16. The summed E-state index contributed by atoms with van der Waals surface area (Å²) in [5.74, 6) is 1.55. The Hall–Kier alpha value is -2.79. The smallest absolute Gasteiger partial charge is 0.159 e. The Morgan fingerprint density at radius 2 is 1.72 bits per heavy atom. The third-order valence-electron chi connectivity index (χ3n) is 3.98. The predicted molar refractivity (Wildman–Crippen MR) is 98.3 cm³/mol. The zero-order valence-electron chi connectivity index (χ0n) is 14.6. The van der Waals surface area contributed by atoms with Gasteiger partial charge in [-0.1, -0.05) is 6.07 Å². The number of hydrogen-bond donors (Lipinski definition) is 0. The highest BCUT2D eigenvalue weighted by molar-refractivity contribution is 5.55. The lowest BCUT2D eigenvalue weighted by atomic mass is 10.2. The number of nitrogens with zero attached hydrogens (tertiary/aromatic N) is 4. The molecule has 0 N–H and O–H groups in total. The molecule has 0 unspecified atom stereocenters. The lowest BCUT2D eigenvalue weighted by Crippen LogP contribution is -2.21. The van der Waals surface area contributed by atoms with Gasteiger partial charge in [0.1, 0.15) is 5.75 Å². The maximum Gasteiger partial charge on any atom is 0.159 e. The highest BCUT2D eigenvalue weighted by Gasteiger charge is 2.05. The van der Waals surface area contributed by atoms with Crippen molar-refractivity contribution in [1.82, 2.24) is 19.9 Å². The normalized spacial score (nSPS) is 10.8. The molecule has 0 saturated carbocycles. The van der Waals surface area contributed by atoms with Crippen molar-refractivity contribution in [2.75, 3.05) is 20.7 Å². The summed E-state index contributed by atoms with van der Waals surface area (Å²) in [5, 5.41) is 0. The molecule has 128 valence electrons. The molecule has 5 heteroatoms. The maximum absolute atomic E-state index is 5.17. The van der Waals surface area contributed by atoms with Crippen molar-refractivity contribution in [2.24, 2.45) is 0 Å². The number of hydrogen-bond acceptors (Lipinski definition) is 5. The van der Waals surface area contributed by atoms with Crippen molar-refractivity contribution in [1.29, 1.82) is 0 Å². The fourth-order valence-electron chi connectivity index (χ4n) is 2.57. The second-order valence-corrected chi connectivity index (χ2v) is 5.95. The molecule has 3 rings (SSSR count). The van der Waals surface area contributed by atoms with E-state index in [1.165, 1.54) is 0 Å². The monoisotopic (exact) mass is 334 g/mol. The summed E-state index contributed by atoms with van der Waals surface area (Å²) in [6.07, 6.45) is 6.55. The van der Waals surface area contributed by atoms with Crippen LogP contribution in [-0.2, 0) is 13.0 Å². The van der Waals surface area contributed by atoms with E-state index in [-0.39, 0.29) is 0 Å². The summed E-state index contributed by atoms with van der Waals surface area (Å²) in [6, 6.07) is 13.8. The van der Waals surface area contributed by atoms with Crippen LogP contribution in [0.4, 0.5) is 0 Å². The first kappa shape index (κ1) is 17.0. The van der Waals surface area contributed by atoms with E-state index < -0.39 is 0 Å². The Bertz CT molecular complexity index is 773. The number of likely N-dealkylation sites (N-methyl/N-ethyl adjacent to an activating group) is 1. The van der Waals surface area contributed by atoms with Crippen LogP contribution in [0.2, 0.25) is 0 Å². The van der Waals surface area contributed by atoms with Crippen molar-refractivity contribution >= 4 is 0 Å². The van der Waals surface area contributed by atoms with Crippen LogP contribution in [0.5, 0.6) is 5.75 Å². The SMILES string of the molecule is COc1ccc(-c2ncc(CN(C)CCc3ccccn3)cn2)cc1. The molecular weight excluding hydrogens is 312 g/mol. The van der Waals surface area contributed by atoms with Crippen molar-refractivity contribution in [3.63, 3.8) is 0 Å². The molecule has 25 heavy (non-hydrogen) atoms. The lowest BCUT2D eigenvalue weighted by molar-refractivity contribution is 0.329. The van der Waals surface area contributed by atoms with Gasteiger partial charge in [0.15, 0.2) is 5.82 Å². The molecule has 0 spiro atoms. The summed E-state index contributed by atoms with van der Waals surface area (Å²) in [7, 11) is 3.75. The maximum atomic E-state index is 5.17. The van der Waals surface area contributed by atoms with Crippen LogP contribution < -0.4 is 4.74 Å². The molecule has 0 saturated heterocycles. The number of benzene rings is 1. The average molecular weight is 334 g/mol. The van der Waals surface area contributed by atoms with Crippen LogP contribution >= 0.6 is 0 Å². The van der Waals surface area contributed by atoms with Crippen LogP contribution in [0.3, 0.4) is 0 Å². The topological polar surface area (TPSA) is 51.1 Å². The number of aromatic nitrogens is 3. The molecule has 0 bridgehead atoms. The van der Waals surface area contributed by atoms with Gasteiger partial charge in [-0.15, -0.1) is 0 Å². The zero-order valence-corrected chi connectivity index (χ0v) is 14.6. The number of ether oxygens (including phenoxy) is 1. The third-order valence-corrected chi connectivity index (χ3v) is 3.98. The van der Waals surface area contributed by atoms with Crippen molar-refractivity contribution < 1.29 is 4.74 Å². The molecular formula is C20H22N4O. The molecule has 0 aliphatic rings. The summed E-state index contributed by atoms with van der Waals surface area (Å²) in [5.41, 5.74) is 3.19. The minimum atomic E-state index is 0.725. The van der Waals surface area contributed by atoms with E-state index in [1.807, 2.05) is 55.0 Å². The number of rotatable bonds is 7. The molecule has 0 radical (unpaired) electrons. The molecule has 1 aromatic carbocycles. The Labute approximate surface area is 148 Å². The standard InChI is InChI=1S/C20H22N4O/c1-24(12-10-18-5-3-4-11-21-18)15-16-13-22-20(23-14-16)17-6-8-19(25-2)9-7-17/h3-9,11,13-14H,10,12,15H2,1-2H3. The molecule has 3 aromatic rings. The Balaban J connectivity index is 1.56. The first-order valence-electron chi connectivity index (χ1n) is 8.28. The summed E-state index contributed by atoms with van der Waals surface area (Å²) >= 11 is 0. The predicted octanol–water partition coefficient (Wildman–Crippen LogP) is 3.22. The minimum Gasteiger partial charge on any atom is -0.497 e. The van der Waals surface area contributed by atoms with Crippen molar-refractivity contribution in [3.05, 3.63) is 72.3 Å². The molecule has 2 aromatic heterocycles. The largest absolute Gasteiger partial charge is 0.497 e. The van der Waals surface area contributed by atoms with E-state index in [2.05, 4.69) is 33.0 Å². The van der Waals surface area contributed by atoms with Gasteiger partial charge in [0.05, 0.1) is 7.11 Å². The highest BCUT2D eigenvalue weighted by Crippen LogP contribution is 2.19. The van der Waals surface area contributed by atoms with Gasteiger partial charge in [-0.3, -0.25) is 4.98 Å². The van der Waals surface area contributed by atoms with E-state index in [0.29, 0.717) is 0 Å². The van der Waals surface area contributed by atoms with Gasteiger partial charge in [-0.05, 0) is 43.4 Å². The third kappa shape index (κ3) is 4.84. The second-order valence-electron chi connectivity index (χ2n) is 5.95. The Kier molecular flexibility index (Phi) is 5.69. The molecule has 0 fully saturated rings. The van der Waals surface area contributed by atoms with Crippen molar-refractivity contribution in [2.45, 2.75) is 13.0 Å². The van der Waals surface area contributed by atoms with Gasteiger partial charge in [0.2, 0.25) is 0 Å². The summed E-state index contributed by atoms with van der Waals surface area (Å²) in [4.78, 5) is 15.6. The number of methoxy groups -OCH3 is 1. The fraction of sp³-hybridized carbons (Fsp3) is 0.250. The van der Waals surface area contributed by atoms with Gasteiger partial charge in [0, 0.05) is 54.9 Å². The van der Waals surface area contributed by atoms with Gasteiger partial charge in [-0.2, -0.15) is 0 Å². The van der Waals surface area contributed by atoms with Crippen LogP contribution in [0, 0.1) is 0 Å². The molecule has 0 aliphatic heterocycles. The van der Waals surface area contributed by atoms with Crippen LogP contribution in [0.15, 0.2) is 61.1 Å². The van der Waals surface area contributed by atoms with E-state index in [9.17, 15) is 0 Å². The zero-order chi connectivity index (χ0) is 17.5. The average Bonchev–Trinajstić information content (AvgIpc) is 2.68. The van der Waals surface area contributed by atoms with Crippen LogP contribution in [0.25, 0.3) is 11.4 Å². The summed E-state index contributed by atoms with van der Waals surface area (Å²) in [6.45, 7) is 1.76. The molecule has 0 amide bonds. The molecule has 5 nitrogen and oxygen atoms in total. The molecule has 2 heterocycles. The quantitative estimate of drug-likeness (QED) is 0.664. The summed E-state index contributed by atoms with van der Waals surface area (Å²) < 4.78 is 5.17. The number of pyridine rings is 1. The Morgan fingerprint density at radius 3 is 2.36 bits per heavy atom. The van der Waals surface area contributed by atoms with Crippen LogP contribution in [-0.4, -0.2) is 40.6 Å². The van der Waals surface area contributed by atoms with E-state index in [0.717, 1.165) is 47.9 Å². The first-order valence-corrected chi connectivity index (χ1v) is 8.28. The van der Waals surface area contributed by atoms with Gasteiger partial charge < -0.3 is 9.64 Å². The van der Waals surface area contributed by atoms with Gasteiger partial charge in [-0.25, -0.2) is 9.97 Å². The van der Waals surface area contributed by atoms with Gasteiger partial charge in [0.25, 0.3) is 0 Å². The van der Waals surface area contributed by atoms with E-state index >= 15 is 0 Å². The molecule has 0 aliphatic carbocycles. The van der Waals surface area contributed by atoms with E-state index in [4.69, 9.17) is 4.74 Å². The molecule has 0 atom stereocenters.